The number of hydrogen-bond acceptors (Lipinski definition) is 1. The zero-order valence-electron chi connectivity index (χ0n) is 6.33. The number of rotatable bonds is 2. The third-order valence-corrected chi connectivity index (χ3v) is 1.33. The molecule has 0 fully saturated rings. The van der Waals surface area contributed by atoms with E-state index in [-0.39, 0.29) is 0 Å². The molecule has 1 amide bonds. The van der Waals surface area contributed by atoms with Gasteiger partial charge < -0.3 is 5.32 Å². The maximum absolute atomic E-state index is 11.8. The Labute approximate surface area is 62.8 Å². The van der Waals surface area contributed by atoms with Crippen LogP contribution in [0.4, 0.5) is 13.2 Å². The summed E-state index contributed by atoms with van der Waals surface area (Å²) in [6.07, 6.45) is -4.77. The fourth-order valence-electron chi connectivity index (χ4n) is 0.496. The van der Waals surface area contributed by atoms with Gasteiger partial charge in [0.1, 0.15) is 0 Å². The van der Waals surface area contributed by atoms with E-state index < -0.39 is 24.4 Å². The average Bonchev–Trinajstić information content (AvgIpc) is 1.85. The van der Waals surface area contributed by atoms with Gasteiger partial charge in [-0.05, 0) is 0 Å². The van der Waals surface area contributed by atoms with Crippen molar-refractivity contribution in [3.05, 3.63) is 0 Å². The van der Waals surface area contributed by atoms with Gasteiger partial charge in [-0.25, -0.2) is 0 Å². The molecule has 0 aromatic rings. The summed E-state index contributed by atoms with van der Waals surface area (Å²) in [5.74, 6) is -2.16. The minimum Gasteiger partial charge on any atom is -0.359 e. The van der Waals surface area contributed by atoms with Crippen molar-refractivity contribution in [3.8, 4) is 0 Å². The van der Waals surface area contributed by atoms with Gasteiger partial charge in [0.25, 0.3) is 0 Å². The first-order valence-corrected chi connectivity index (χ1v) is 3.15. The molecule has 0 saturated carbocycles. The largest absolute Gasteiger partial charge is 0.392 e. The summed E-state index contributed by atoms with van der Waals surface area (Å²) in [7, 11) is 1.31. The second-order valence-corrected chi connectivity index (χ2v) is 2.32. The summed E-state index contributed by atoms with van der Waals surface area (Å²) in [4.78, 5) is 10.5. The zero-order chi connectivity index (χ0) is 9.07. The highest BCUT2D eigenvalue weighted by Crippen LogP contribution is 2.27. The highest BCUT2D eigenvalue weighted by Gasteiger charge is 2.36. The molecule has 0 aliphatic heterocycles. The summed E-state index contributed by atoms with van der Waals surface area (Å²) < 4.78 is 35.3. The van der Waals surface area contributed by atoms with E-state index in [9.17, 15) is 18.0 Å². The Morgan fingerprint density at radius 2 is 2.00 bits per heavy atom. The Balaban J connectivity index is 3.87. The fraction of sp³-hybridized carbons (Fsp3) is 0.833. The van der Waals surface area contributed by atoms with Crippen LogP contribution in [0.15, 0.2) is 0 Å². The third kappa shape index (κ3) is 3.85. The predicted molar refractivity (Wildman–Crippen MR) is 33.9 cm³/mol. The maximum atomic E-state index is 11.8. The van der Waals surface area contributed by atoms with Gasteiger partial charge in [0.2, 0.25) is 5.91 Å². The Bertz CT molecular complexity index is 143. The number of amides is 1. The smallest absolute Gasteiger partial charge is 0.359 e. The molecule has 0 saturated heterocycles. The van der Waals surface area contributed by atoms with Crippen LogP contribution in [-0.2, 0) is 4.79 Å². The lowest BCUT2D eigenvalue weighted by Crippen LogP contribution is -2.27. The van der Waals surface area contributed by atoms with Crippen molar-refractivity contribution in [2.75, 3.05) is 7.05 Å². The van der Waals surface area contributed by atoms with Crippen LogP contribution in [0, 0.1) is 5.92 Å². The molecule has 1 N–H and O–H groups in total. The monoisotopic (exact) mass is 169 g/mol. The average molecular weight is 169 g/mol. The van der Waals surface area contributed by atoms with Crippen molar-refractivity contribution >= 4 is 5.91 Å². The molecule has 5 heteroatoms. The quantitative estimate of drug-likeness (QED) is 0.663. The van der Waals surface area contributed by atoms with Gasteiger partial charge in [-0.1, -0.05) is 6.92 Å². The summed E-state index contributed by atoms with van der Waals surface area (Å²) >= 11 is 0. The van der Waals surface area contributed by atoms with Gasteiger partial charge >= 0.3 is 6.18 Å². The van der Waals surface area contributed by atoms with Crippen LogP contribution in [0.25, 0.3) is 0 Å². The molecule has 0 radical (unpaired) electrons. The van der Waals surface area contributed by atoms with Crippen LogP contribution in [0.1, 0.15) is 13.3 Å². The first kappa shape index (κ1) is 10.3. The molecule has 0 aromatic heterocycles. The Morgan fingerprint density at radius 3 is 2.27 bits per heavy atom. The number of alkyl halides is 3. The SMILES string of the molecule is CNC(=O)CC(C)C(F)(F)F. The lowest BCUT2D eigenvalue weighted by Gasteiger charge is -2.13. The molecule has 0 spiro atoms. The summed E-state index contributed by atoms with van der Waals surface area (Å²) in [5.41, 5.74) is 0. The van der Waals surface area contributed by atoms with Crippen LogP contribution in [-0.4, -0.2) is 19.1 Å². The van der Waals surface area contributed by atoms with Crippen LogP contribution in [0.3, 0.4) is 0 Å². The van der Waals surface area contributed by atoms with Gasteiger partial charge in [0.15, 0.2) is 0 Å². The maximum Gasteiger partial charge on any atom is 0.392 e. The molecule has 0 bridgehead atoms. The van der Waals surface area contributed by atoms with Crippen molar-refractivity contribution < 1.29 is 18.0 Å². The molecule has 66 valence electrons. The van der Waals surface area contributed by atoms with E-state index in [2.05, 4.69) is 5.32 Å². The van der Waals surface area contributed by atoms with E-state index in [0.717, 1.165) is 6.92 Å². The summed E-state index contributed by atoms with van der Waals surface area (Å²) in [5, 5.41) is 2.13. The minimum absolute atomic E-state index is 0.500. The van der Waals surface area contributed by atoms with Gasteiger partial charge in [-0.15, -0.1) is 0 Å². The van der Waals surface area contributed by atoms with Gasteiger partial charge in [0, 0.05) is 13.5 Å². The topological polar surface area (TPSA) is 29.1 Å². The minimum atomic E-state index is -4.27. The Kier molecular flexibility index (Phi) is 3.35. The van der Waals surface area contributed by atoms with Gasteiger partial charge in [-0.3, -0.25) is 4.79 Å². The molecule has 0 rings (SSSR count). The van der Waals surface area contributed by atoms with Crippen LogP contribution < -0.4 is 5.32 Å². The van der Waals surface area contributed by atoms with E-state index >= 15 is 0 Å². The molecule has 0 aliphatic rings. The van der Waals surface area contributed by atoms with Gasteiger partial charge in [0.05, 0.1) is 5.92 Å². The first-order chi connectivity index (χ1) is 4.88. The lowest BCUT2D eigenvalue weighted by atomic mass is 10.1. The summed E-state index contributed by atoms with van der Waals surface area (Å²) in [6, 6.07) is 0. The van der Waals surface area contributed by atoms with Crippen LogP contribution >= 0.6 is 0 Å². The lowest BCUT2D eigenvalue weighted by molar-refractivity contribution is -0.174. The van der Waals surface area contributed by atoms with Crippen LogP contribution in [0.2, 0.25) is 0 Å². The Morgan fingerprint density at radius 1 is 1.55 bits per heavy atom. The van der Waals surface area contributed by atoms with E-state index in [1.54, 1.807) is 0 Å². The number of carbonyl (C=O) groups is 1. The summed E-state index contributed by atoms with van der Waals surface area (Å²) in [6.45, 7) is 0.981. The Hall–Kier alpha value is -0.740. The predicted octanol–water partition coefficient (Wildman–Crippen LogP) is 1.32. The van der Waals surface area contributed by atoms with E-state index in [1.165, 1.54) is 7.05 Å². The van der Waals surface area contributed by atoms with E-state index in [0.29, 0.717) is 0 Å². The molecule has 0 aliphatic carbocycles. The molecular weight excluding hydrogens is 159 g/mol. The highest BCUT2D eigenvalue weighted by molar-refractivity contribution is 5.75. The number of halogens is 3. The number of hydrogen-bond donors (Lipinski definition) is 1. The van der Waals surface area contributed by atoms with Crippen molar-refractivity contribution in [1.82, 2.24) is 5.32 Å². The van der Waals surface area contributed by atoms with Crippen molar-refractivity contribution in [3.63, 3.8) is 0 Å². The van der Waals surface area contributed by atoms with E-state index in [4.69, 9.17) is 0 Å². The first-order valence-electron chi connectivity index (χ1n) is 3.15. The zero-order valence-corrected chi connectivity index (χ0v) is 6.33. The molecule has 11 heavy (non-hydrogen) atoms. The standard InChI is InChI=1S/C6H10F3NO/c1-4(6(7,8)9)3-5(11)10-2/h4H,3H2,1-2H3,(H,10,11). The van der Waals surface area contributed by atoms with Crippen molar-refractivity contribution in [1.29, 1.82) is 0 Å². The number of carbonyl (C=O) groups excluding carboxylic acids is 1. The highest BCUT2D eigenvalue weighted by atomic mass is 19.4. The normalized spacial score (nSPS) is 14.3. The molecular formula is C6H10F3NO. The van der Waals surface area contributed by atoms with Crippen molar-refractivity contribution in [2.45, 2.75) is 19.5 Å². The molecule has 0 aromatic carbocycles. The molecule has 0 heterocycles. The molecule has 2 nitrogen and oxygen atoms in total. The van der Waals surface area contributed by atoms with E-state index in [1.807, 2.05) is 0 Å². The second kappa shape index (κ2) is 3.59. The van der Waals surface area contributed by atoms with Crippen molar-refractivity contribution in [2.24, 2.45) is 5.92 Å². The third-order valence-electron chi connectivity index (χ3n) is 1.33. The second-order valence-electron chi connectivity index (χ2n) is 2.32. The van der Waals surface area contributed by atoms with Crippen LogP contribution in [0.5, 0.6) is 0 Å². The van der Waals surface area contributed by atoms with Gasteiger partial charge in [-0.2, -0.15) is 13.2 Å². The molecule has 1 unspecified atom stereocenters. The molecule has 1 atom stereocenters. The fourth-order valence-corrected chi connectivity index (χ4v) is 0.496. The number of nitrogens with one attached hydrogen (secondary N) is 1.